The molecule has 3 aliphatic rings. The zero-order valence-electron chi connectivity index (χ0n) is 19.3. The van der Waals surface area contributed by atoms with Crippen LogP contribution in [0.3, 0.4) is 0 Å². The molecule has 1 aromatic heterocycles. The van der Waals surface area contributed by atoms with Gasteiger partial charge in [0.1, 0.15) is 4.21 Å². The van der Waals surface area contributed by atoms with Crippen LogP contribution < -0.4 is 4.90 Å². The van der Waals surface area contributed by atoms with E-state index in [0.717, 1.165) is 43.7 Å². The molecule has 2 bridgehead atoms. The van der Waals surface area contributed by atoms with Gasteiger partial charge in [0.2, 0.25) is 0 Å². The molecule has 3 saturated heterocycles. The molecule has 3 fully saturated rings. The minimum Gasteiger partial charge on any atom is -0.386 e. The van der Waals surface area contributed by atoms with Crippen molar-refractivity contribution in [3.63, 3.8) is 0 Å². The fraction of sp³-hybridized carbons (Fsp3) is 0.583. The minimum atomic E-state index is -3.48. The molecule has 2 unspecified atom stereocenters. The number of piperazine rings is 1. The average Bonchev–Trinajstić information content (AvgIpc) is 3.44. The fourth-order valence-corrected chi connectivity index (χ4v) is 7.90. The number of anilines is 1. The third-order valence-corrected chi connectivity index (χ3v) is 10.3. The molecule has 5 rings (SSSR count). The summed E-state index contributed by atoms with van der Waals surface area (Å²) in [6, 6.07) is 11.6. The van der Waals surface area contributed by atoms with Crippen molar-refractivity contribution in [2.45, 2.75) is 54.7 Å². The Morgan fingerprint density at radius 1 is 1.06 bits per heavy atom. The molecule has 0 radical (unpaired) electrons. The maximum absolute atomic E-state index is 13.3. The molecule has 1 N–H and O–H groups in total. The number of likely N-dealkylation sites (tertiary alicyclic amines) is 1. The van der Waals surface area contributed by atoms with Crippen molar-refractivity contribution >= 4 is 27.0 Å². The number of benzene rings is 1. The number of morpholine rings is 1. The molecule has 180 valence electrons. The van der Waals surface area contributed by atoms with Crippen molar-refractivity contribution in [3.05, 3.63) is 47.3 Å². The van der Waals surface area contributed by atoms with Gasteiger partial charge in [-0.2, -0.15) is 4.31 Å². The highest BCUT2D eigenvalue weighted by molar-refractivity contribution is 7.91. The van der Waals surface area contributed by atoms with Crippen molar-refractivity contribution in [2.75, 3.05) is 44.2 Å². The van der Waals surface area contributed by atoms with Crippen LogP contribution in [-0.2, 0) is 20.4 Å². The molecule has 0 saturated carbocycles. The van der Waals surface area contributed by atoms with Crippen molar-refractivity contribution < 1.29 is 18.3 Å². The number of sulfonamides is 1. The topological polar surface area (TPSA) is 73.3 Å². The summed E-state index contributed by atoms with van der Waals surface area (Å²) in [6.07, 6.45) is 2.84. The van der Waals surface area contributed by atoms with Gasteiger partial charge >= 0.3 is 0 Å². The molecule has 1 aromatic carbocycles. The maximum atomic E-state index is 13.3. The molecular weight excluding hydrogens is 458 g/mol. The lowest BCUT2D eigenvalue weighted by Gasteiger charge is -2.45. The van der Waals surface area contributed by atoms with Crippen LogP contribution in [0.1, 0.15) is 32.3 Å². The second kappa shape index (κ2) is 8.94. The van der Waals surface area contributed by atoms with Crippen molar-refractivity contribution in [1.29, 1.82) is 0 Å². The number of fused-ring (bicyclic) bond motifs is 2. The molecule has 4 heterocycles. The predicted octanol–water partition coefficient (Wildman–Crippen LogP) is 2.72. The van der Waals surface area contributed by atoms with Gasteiger partial charge < -0.3 is 14.7 Å². The largest absolute Gasteiger partial charge is 0.386 e. The predicted molar refractivity (Wildman–Crippen MR) is 130 cm³/mol. The second-order valence-corrected chi connectivity index (χ2v) is 13.0. The summed E-state index contributed by atoms with van der Waals surface area (Å²) in [7, 11) is -3.48. The van der Waals surface area contributed by atoms with Gasteiger partial charge in [-0.3, -0.25) is 4.90 Å². The zero-order valence-corrected chi connectivity index (χ0v) is 20.9. The molecule has 0 aliphatic carbocycles. The summed E-state index contributed by atoms with van der Waals surface area (Å²) in [5.74, 6) is 0. The molecule has 3 aliphatic heterocycles. The number of hydrogen-bond acceptors (Lipinski definition) is 7. The van der Waals surface area contributed by atoms with Gasteiger partial charge in [0, 0.05) is 45.0 Å². The lowest BCUT2D eigenvalue weighted by Crippen LogP contribution is -2.59. The van der Waals surface area contributed by atoms with Crippen LogP contribution in [0.2, 0.25) is 0 Å². The smallest absolute Gasteiger partial charge is 0.252 e. The van der Waals surface area contributed by atoms with E-state index in [0.29, 0.717) is 36.1 Å². The van der Waals surface area contributed by atoms with Crippen LogP contribution >= 0.6 is 11.3 Å². The van der Waals surface area contributed by atoms with E-state index in [1.165, 1.54) is 11.3 Å². The van der Waals surface area contributed by atoms with Gasteiger partial charge in [0.25, 0.3) is 10.0 Å². The Bertz CT molecular complexity index is 1040. The van der Waals surface area contributed by atoms with Gasteiger partial charge in [-0.15, -0.1) is 11.3 Å². The molecule has 0 amide bonds. The van der Waals surface area contributed by atoms with Crippen LogP contribution in [0.25, 0.3) is 0 Å². The highest BCUT2D eigenvalue weighted by Crippen LogP contribution is 2.31. The fourth-order valence-electron chi connectivity index (χ4n) is 5.29. The van der Waals surface area contributed by atoms with Crippen molar-refractivity contribution in [3.8, 4) is 0 Å². The molecule has 2 aromatic rings. The third kappa shape index (κ3) is 4.85. The number of thiophene rings is 1. The van der Waals surface area contributed by atoms with E-state index < -0.39 is 15.6 Å². The van der Waals surface area contributed by atoms with E-state index in [2.05, 4.69) is 9.80 Å². The number of hydrogen-bond donors (Lipinski definition) is 1. The van der Waals surface area contributed by atoms with E-state index in [-0.39, 0.29) is 6.04 Å². The summed E-state index contributed by atoms with van der Waals surface area (Å²) in [5, 5.41) is 12.1. The SMILES string of the molecule is CC(C)(O)c1ccc(N2CCN(S(=O)(=O)c3cccs3)C[C@H]2CN2CC3CCC(C2)O3)cc1. The molecule has 9 heteroatoms. The highest BCUT2D eigenvalue weighted by Gasteiger charge is 2.39. The van der Waals surface area contributed by atoms with Crippen molar-refractivity contribution in [1.82, 2.24) is 9.21 Å². The maximum Gasteiger partial charge on any atom is 0.252 e. The first-order valence-corrected chi connectivity index (χ1v) is 14.0. The Kier molecular flexibility index (Phi) is 6.30. The molecule has 3 atom stereocenters. The molecule has 7 nitrogen and oxygen atoms in total. The van der Waals surface area contributed by atoms with Crippen molar-refractivity contribution in [2.24, 2.45) is 0 Å². The zero-order chi connectivity index (χ0) is 23.2. The Morgan fingerprint density at radius 2 is 1.76 bits per heavy atom. The first-order chi connectivity index (χ1) is 15.7. The summed E-state index contributed by atoms with van der Waals surface area (Å²) in [6.45, 7) is 7.75. The van der Waals surface area contributed by atoms with Crippen LogP contribution in [0.15, 0.2) is 46.0 Å². The van der Waals surface area contributed by atoms with Gasteiger partial charge in [-0.05, 0) is 55.8 Å². The van der Waals surface area contributed by atoms with Gasteiger partial charge in [0.05, 0.1) is 23.9 Å². The van der Waals surface area contributed by atoms with Crippen LogP contribution in [0.5, 0.6) is 0 Å². The molecule has 33 heavy (non-hydrogen) atoms. The molecule has 0 spiro atoms. The van der Waals surface area contributed by atoms with Gasteiger partial charge in [-0.25, -0.2) is 8.42 Å². The third-order valence-electron chi connectivity index (χ3n) is 7.03. The van der Waals surface area contributed by atoms with Gasteiger partial charge in [0.15, 0.2) is 0 Å². The van der Waals surface area contributed by atoms with E-state index in [1.54, 1.807) is 30.3 Å². The summed E-state index contributed by atoms with van der Waals surface area (Å²) in [5.41, 5.74) is 1.04. The van der Waals surface area contributed by atoms with E-state index in [1.807, 2.05) is 29.6 Å². The average molecular weight is 492 g/mol. The Balaban J connectivity index is 1.39. The van der Waals surface area contributed by atoms with Gasteiger partial charge in [-0.1, -0.05) is 18.2 Å². The lowest BCUT2D eigenvalue weighted by atomic mass is 9.98. The highest BCUT2D eigenvalue weighted by atomic mass is 32.2. The Morgan fingerprint density at radius 3 is 2.36 bits per heavy atom. The summed E-state index contributed by atoms with van der Waals surface area (Å²) in [4.78, 5) is 4.79. The first kappa shape index (κ1) is 23.3. The Hall–Kier alpha value is -1.49. The minimum absolute atomic E-state index is 0.0407. The molecular formula is C24H33N3O4S2. The number of ether oxygens (including phenoxy) is 1. The van der Waals surface area contributed by atoms with Crippen LogP contribution in [0, 0.1) is 0 Å². The number of nitrogens with zero attached hydrogens (tertiary/aromatic N) is 3. The second-order valence-electron chi connectivity index (χ2n) is 9.92. The lowest BCUT2D eigenvalue weighted by molar-refractivity contribution is -0.0406. The monoisotopic (exact) mass is 491 g/mol. The normalized spacial score (nSPS) is 27.2. The standard InChI is InChI=1S/C24H33N3O4S2/c1-24(2,28)18-5-7-19(8-6-18)27-12-11-26(33(29,30)23-4-3-13-32-23)15-20(27)14-25-16-21-9-10-22(17-25)31-21/h3-8,13,20-22,28H,9-12,14-17H2,1-2H3/t20-,21?,22?/m1/s1. The van der Waals surface area contributed by atoms with Crippen LogP contribution in [0.4, 0.5) is 5.69 Å². The summed E-state index contributed by atoms with van der Waals surface area (Å²) < 4.78 is 34.6. The first-order valence-electron chi connectivity index (χ1n) is 11.7. The van der Waals surface area contributed by atoms with Crippen LogP contribution in [-0.4, -0.2) is 80.2 Å². The Labute approximate surface area is 200 Å². The summed E-state index contributed by atoms with van der Waals surface area (Å²) >= 11 is 1.28. The van der Waals surface area contributed by atoms with E-state index in [4.69, 9.17) is 4.74 Å². The quantitative estimate of drug-likeness (QED) is 0.670. The van der Waals surface area contributed by atoms with E-state index in [9.17, 15) is 13.5 Å². The number of aliphatic hydroxyl groups is 1. The van der Waals surface area contributed by atoms with E-state index >= 15 is 0 Å². The number of rotatable bonds is 6.